The topological polar surface area (TPSA) is 44.8 Å². The van der Waals surface area contributed by atoms with E-state index >= 15 is 0 Å². The van der Waals surface area contributed by atoms with Gasteiger partial charge in [0.25, 0.3) is 0 Å². The van der Waals surface area contributed by atoms with Crippen molar-refractivity contribution in [1.82, 2.24) is 0 Å². The van der Waals surface area contributed by atoms with Gasteiger partial charge in [-0.1, -0.05) is 6.92 Å². The van der Waals surface area contributed by atoms with E-state index in [2.05, 4.69) is 0 Å². The fourth-order valence-corrected chi connectivity index (χ4v) is 2.78. The summed E-state index contributed by atoms with van der Waals surface area (Å²) in [6.07, 6.45) is 1.58. The van der Waals surface area contributed by atoms with Crippen LogP contribution in [0.2, 0.25) is 0 Å². The highest BCUT2D eigenvalue weighted by atomic mass is 19.1. The Kier molecular flexibility index (Phi) is 4.70. The number of methoxy groups -OCH3 is 3. The van der Waals surface area contributed by atoms with Gasteiger partial charge in [-0.15, -0.1) is 0 Å². The average Bonchev–Trinajstić information content (AvgIpc) is 3.24. The van der Waals surface area contributed by atoms with Crippen LogP contribution in [0.15, 0.2) is 12.1 Å². The van der Waals surface area contributed by atoms with Crippen LogP contribution in [0.1, 0.15) is 31.2 Å². The van der Waals surface area contributed by atoms with E-state index in [1.54, 1.807) is 6.07 Å². The molecular formula is C16H21FO4. The maximum absolute atomic E-state index is 14.2. The first-order valence-electron chi connectivity index (χ1n) is 7.01. The van der Waals surface area contributed by atoms with Crippen molar-refractivity contribution >= 4 is 5.97 Å². The second-order valence-electron chi connectivity index (χ2n) is 5.49. The Balaban J connectivity index is 2.09. The van der Waals surface area contributed by atoms with Gasteiger partial charge >= 0.3 is 5.97 Å². The molecule has 1 saturated carbocycles. The van der Waals surface area contributed by atoms with E-state index in [0.29, 0.717) is 17.1 Å². The number of carbonyl (C=O) groups excluding carboxylic acids is 1. The molecule has 1 aliphatic rings. The predicted octanol–water partition coefficient (Wildman–Crippen LogP) is 3.15. The van der Waals surface area contributed by atoms with Gasteiger partial charge in [0.15, 0.2) is 11.5 Å². The Morgan fingerprint density at radius 1 is 1.29 bits per heavy atom. The molecule has 21 heavy (non-hydrogen) atoms. The number of benzene rings is 1. The minimum absolute atomic E-state index is 0.00413. The fraction of sp³-hybridized carbons (Fsp3) is 0.562. The summed E-state index contributed by atoms with van der Waals surface area (Å²) in [7, 11) is 4.40. The summed E-state index contributed by atoms with van der Waals surface area (Å²) in [5.41, 5.74) is 0.586. The molecular weight excluding hydrogens is 275 g/mol. The predicted molar refractivity (Wildman–Crippen MR) is 76.1 cm³/mol. The van der Waals surface area contributed by atoms with Crippen molar-refractivity contribution in [3.63, 3.8) is 0 Å². The summed E-state index contributed by atoms with van der Waals surface area (Å²) < 4.78 is 29.2. The summed E-state index contributed by atoms with van der Waals surface area (Å²) in [5, 5.41) is 0. The van der Waals surface area contributed by atoms with Crippen LogP contribution in [0.3, 0.4) is 0 Å². The van der Waals surface area contributed by atoms with Gasteiger partial charge in [-0.05, 0) is 36.3 Å². The summed E-state index contributed by atoms with van der Waals surface area (Å²) in [6.45, 7) is 1.96. The number of carbonyl (C=O) groups is 1. The Bertz CT molecular complexity index is 529. The second kappa shape index (κ2) is 6.33. The molecule has 0 bridgehead atoms. The second-order valence-corrected chi connectivity index (χ2v) is 5.49. The third-order valence-electron chi connectivity index (χ3n) is 4.12. The van der Waals surface area contributed by atoms with Crippen LogP contribution in [-0.4, -0.2) is 27.3 Å². The van der Waals surface area contributed by atoms with Crippen LogP contribution in [-0.2, 0) is 9.53 Å². The van der Waals surface area contributed by atoms with Gasteiger partial charge in [-0.25, -0.2) is 4.39 Å². The molecule has 1 aromatic rings. The van der Waals surface area contributed by atoms with Crippen molar-refractivity contribution in [2.24, 2.45) is 11.8 Å². The van der Waals surface area contributed by atoms with Crippen molar-refractivity contribution in [2.75, 3.05) is 21.3 Å². The fourth-order valence-electron chi connectivity index (χ4n) is 2.78. The van der Waals surface area contributed by atoms with E-state index in [-0.39, 0.29) is 29.5 Å². The highest BCUT2D eigenvalue weighted by molar-refractivity contribution is 5.75. The monoisotopic (exact) mass is 296 g/mol. The molecule has 0 radical (unpaired) electrons. The summed E-state index contributed by atoms with van der Waals surface area (Å²) in [5.74, 6) is 0.673. The molecule has 1 fully saturated rings. The summed E-state index contributed by atoms with van der Waals surface area (Å²) in [6, 6.07) is 3.02. The van der Waals surface area contributed by atoms with E-state index in [4.69, 9.17) is 14.2 Å². The molecule has 3 atom stereocenters. The Labute approximate surface area is 124 Å². The Hall–Kier alpha value is -1.78. The van der Waals surface area contributed by atoms with Gasteiger partial charge in [0, 0.05) is 6.07 Å². The Morgan fingerprint density at radius 2 is 1.90 bits per heavy atom. The summed E-state index contributed by atoms with van der Waals surface area (Å²) in [4.78, 5) is 11.4. The molecule has 1 aliphatic carbocycles. The lowest BCUT2D eigenvalue weighted by molar-refractivity contribution is -0.142. The van der Waals surface area contributed by atoms with Gasteiger partial charge < -0.3 is 14.2 Å². The van der Waals surface area contributed by atoms with E-state index in [0.717, 1.165) is 12.8 Å². The van der Waals surface area contributed by atoms with Gasteiger partial charge in [0.2, 0.25) is 0 Å². The van der Waals surface area contributed by atoms with Crippen LogP contribution in [0, 0.1) is 17.7 Å². The molecule has 0 aliphatic heterocycles. The largest absolute Gasteiger partial charge is 0.493 e. The number of rotatable bonds is 6. The van der Waals surface area contributed by atoms with E-state index < -0.39 is 0 Å². The minimum Gasteiger partial charge on any atom is -0.493 e. The first-order chi connectivity index (χ1) is 10.0. The van der Waals surface area contributed by atoms with Crippen LogP contribution in [0.25, 0.3) is 0 Å². The van der Waals surface area contributed by atoms with E-state index in [1.807, 2.05) is 6.92 Å². The molecule has 0 spiro atoms. The van der Waals surface area contributed by atoms with Crippen molar-refractivity contribution in [3.8, 4) is 11.5 Å². The van der Waals surface area contributed by atoms with E-state index in [1.165, 1.54) is 27.4 Å². The van der Waals surface area contributed by atoms with Crippen LogP contribution in [0.5, 0.6) is 11.5 Å². The third-order valence-corrected chi connectivity index (χ3v) is 4.12. The average molecular weight is 296 g/mol. The van der Waals surface area contributed by atoms with Crippen molar-refractivity contribution in [3.05, 3.63) is 23.5 Å². The van der Waals surface area contributed by atoms with Crippen molar-refractivity contribution < 1.29 is 23.4 Å². The molecule has 5 heteroatoms. The van der Waals surface area contributed by atoms with Gasteiger partial charge in [0.1, 0.15) is 5.82 Å². The zero-order valence-electron chi connectivity index (χ0n) is 12.8. The minimum atomic E-state index is -0.310. The number of esters is 1. The number of ether oxygens (including phenoxy) is 3. The zero-order chi connectivity index (χ0) is 15.6. The molecule has 2 rings (SSSR count). The maximum Gasteiger partial charge on any atom is 0.308 e. The molecule has 0 saturated heterocycles. The highest BCUT2D eigenvalue weighted by Gasteiger charge is 2.44. The van der Waals surface area contributed by atoms with Gasteiger partial charge in [-0.2, -0.15) is 0 Å². The lowest BCUT2D eigenvalue weighted by atomic mass is 9.94. The van der Waals surface area contributed by atoms with Crippen LogP contribution < -0.4 is 9.47 Å². The van der Waals surface area contributed by atoms with Gasteiger partial charge in [0.05, 0.1) is 27.2 Å². The van der Waals surface area contributed by atoms with Crippen molar-refractivity contribution in [1.29, 1.82) is 0 Å². The van der Waals surface area contributed by atoms with Crippen molar-refractivity contribution in [2.45, 2.75) is 25.7 Å². The maximum atomic E-state index is 14.2. The van der Waals surface area contributed by atoms with Crippen LogP contribution >= 0.6 is 0 Å². The Morgan fingerprint density at radius 3 is 2.48 bits per heavy atom. The third kappa shape index (κ3) is 3.28. The molecule has 116 valence electrons. The molecule has 0 N–H and O–H groups in total. The lowest BCUT2D eigenvalue weighted by Gasteiger charge is -2.16. The smallest absolute Gasteiger partial charge is 0.308 e. The molecule has 4 nitrogen and oxygen atoms in total. The lowest BCUT2D eigenvalue weighted by Crippen LogP contribution is -2.06. The molecule has 0 heterocycles. The molecule has 3 unspecified atom stereocenters. The summed E-state index contributed by atoms with van der Waals surface area (Å²) >= 11 is 0. The zero-order valence-corrected chi connectivity index (χ0v) is 12.8. The van der Waals surface area contributed by atoms with E-state index in [9.17, 15) is 9.18 Å². The number of hydrogen-bond donors (Lipinski definition) is 0. The highest BCUT2D eigenvalue weighted by Crippen LogP contribution is 2.46. The number of halogens is 1. The first kappa shape index (κ1) is 15.6. The first-order valence-corrected chi connectivity index (χ1v) is 7.01. The SMILES string of the molecule is COC(=O)C1CC1CC(C)c1cc(OC)c(OC)cc1F. The normalized spacial score (nSPS) is 21.6. The van der Waals surface area contributed by atoms with Gasteiger partial charge in [-0.3, -0.25) is 4.79 Å². The van der Waals surface area contributed by atoms with Crippen LogP contribution in [0.4, 0.5) is 4.39 Å². The quantitative estimate of drug-likeness (QED) is 0.757. The standard InChI is InChI=1S/C16H21FO4/c1-9(5-10-6-12(10)16(18)21-4)11-7-14(19-2)15(20-3)8-13(11)17/h7-10,12H,5-6H2,1-4H3. The molecule has 0 amide bonds. The molecule has 1 aromatic carbocycles. The number of hydrogen-bond acceptors (Lipinski definition) is 4. The molecule has 0 aromatic heterocycles.